The van der Waals surface area contributed by atoms with Crippen molar-refractivity contribution in [1.82, 2.24) is 5.32 Å². The van der Waals surface area contributed by atoms with E-state index in [0.717, 1.165) is 5.56 Å². The highest BCUT2D eigenvalue weighted by molar-refractivity contribution is 5.87. The van der Waals surface area contributed by atoms with Crippen LogP contribution in [0.25, 0.3) is 0 Å². The first-order valence-electron chi connectivity index (χ1n) is 4.78. The SMILES string of the molecule is CNC(=O)C(C)(C)c1ccc(C)cc1. The summed E-state index contributed by atoms with van der Waals surface area (Å²) in [5, 5.41) is 2.68. The molecule has 0 unspecified atom stereocenters. The molecule has 1 N–H and O–H groups in total. The first-order chi connectivity index (χ1) is 6.48. The summed E-state index contributed by atoms with van der Waals surface area (Å²) in [6.07, 6.45) is 0. The van der Waals surface area contributed by atoms with Gasteiger partial charge in [0.2, 0.25) is 5.91 Å². The maximum absolute atomic E-state index is 11.6. The third-order valence-electron chi connectivity index (χ3n) is 2.57. The lowest BCUT2D eigenvalue weighted by molar-refractivity contribution is -0.125. The summed E-state index contributed by atoms with van der Waals surface area (Å²) >= 11 is 0. The van der Waals surface area contributed by atoms with Crippen molar-refractivity contribution in [2.24, 2.45) is 0 Å². The van der Waals surface area contributed by atoms with Gasteiger partial charge in [-0.3, -0.25) is 4.79 Å². The quantitative estimate of drug-likeness (QED) is 0.761. The Balaban J connectivity index is 3.03. The number of hydrogen-bond acceptors (Lipinski definition) is 1. The van der Waals surface area contributed by atoms with Crippen LogP contribution in [0.2, 0.25) is 0 Å². The molecule has 1 amide bonds. The number of benzene rings is 1. The van der Waals surface area contributed by atoms with Crippen molar-refractivity contribution in [2.75, 3.05) is 7.05 Å². The molecule has 1 aromatic carbocycles. The van der Waals surface area contributed by atoms with E-state index in [1.807, 2.05) is 45.0 Å². The number of nitrogens with one attached hydrogen (secondary N) is 1. The molecule has 2 nitrogen and oxygen atoms in total. The van der Waals surface area contributed by atoms with Crippen LogP contribution in [0.1, 0.15) is 25.0 Å². The summed E-state index contributed by atoms with van der Waals surface area (Å²) in [6.45, 7) is 5.89. The van der Waals surface area contributed by atoms with Crippen molar-refractivity contribution in [3.8, 4) is 0 Å². The zero-order chi connectivity index (χ0) is 10.8. The molecule has 0 aromatic heterocycles. The van der Waals surface area contributed by atoms with Crippen molar-refractivity contribution in [1.29, 1.82) is 0 Å². The Labute approximate surface area is 85.3 Å². The van der Waals surface area contributed by atoms with Crippen molar-refractivity contribution in [3.05, 3.63) is 35.4 Å². The van der Waals surface area contributed by atoms with Gasteiger partial charge in [-0.25, -0.2) is 0 Å². The first-order valence-corrected chi connectivity index (χ1v) is 4.78. The highest BCUT2D eigenvalue weighted by Gasteiger charge is 2.28. The summed E-state index contributed by atoms with van der Waals surface area (Å²) in [6, 6.07) is 8.06. The second kappa shape index (κ2) is 3.82. The van der Waals surface area contributed by atoms with E-state index in [1.54, 1.807) is 7.05 Å². The summed E-state index contributed by atoms with van der Waals surface area (Å²) in [5.74, 6) is 0.0429. The van der Waals surface area contributed by atoms with Crippen LogP contribution >= 0.6 is 0 Å². The maximum Gasteiger partial charge on any atom is 0.229 e. The van der Waals surface area contributed by atoms with Crippen LogP contribution in [0.4, 0.5) is 0 Å². The number of hydrogen-bond donors (Lipinski definition) is 1. The molecule has 0 heterocycles. The first kappa shape index (κ1) is 10.8. The van der Waals surface area contributed by atoms with Gasteiger partial charge in [-0.05, 0) is 26.3 Å². The molecule has 1 rings (SSSR count). The van der Waals surface area contributed by atoms with Crippen molar-refractivity contribution in [3.63, 3.8) is 0 Å². The lowest BCUT2D eigenvalue weighted by atomic mass is 9.83. The lowest BCUT2D eigenvalue weighted by Crippen LogP contribution is -2.37. The largest absolute Gasteiger partial charge is 0.358 e. The van der Waals surface area contributed by atoms with Gasteiger partial charge in [-0.1, -0.05) is 29.8 Å². The zero-order valence-corrected chi connectivity index (χ0v) is 9.22. The smallest absolute Gasteiger partial charge is 0.229 e. The number of rotatable bonds is 2. The van der Waals surface area contributed by atoms with Crippen LogP contribution in [-0.2, 0) is 10.2 Å². The highest BCUT2D eigenvalue weighted by atomic mass is 16.2. The normalized spacial score (nSPS) is 11.1. The number of likely N-dealkylation sites (N-methyl/N-ethyl adjacent to an activating group) is 1. The summed E-state index contributed by atoms with van der Waals surface area (Å²) < 4.78 is 0. The molecule has 2 heteroatoms. The Morgan fingerprint density at radius 1 is 1.21 bits per heavy atom. The Bertz CT molecular complexity index is 325. The van der Waals surface area contributed by atoms with Gasteiger partial charge in [0.05, 0.1) is 5.41 Å². The van der Waals surface area contributed by atoms with Crippen LogP contribution in [0.5, 0.6) is 0 Å². The van der Waals surface area contributed by atoms with E-state index in [0.29, 0.717) is 0 Å². The summed E-state index contributed by atoms with van der Waals surface area (Å²) in [4.78, 5) is 11.6. The van der Waals surface area contributed by atoms with E-state index in [9.17, 15) is 4.79 Å². The minimum absolute atomic E-state index is 0.0429. The monoisotopic (exact) mass is 191 g/mol. The highest BCUT2D eigenvalue weighted by Crippen LogP contribution is 2.23. The summed E-state index contributed by atoms with van der Waals surface area (Å²) in [5.41, 5.74) is 1.80. The fourth-order valence-electron chi connectivity index (χ4n) is 1.41. The van der Waals surface area contributed by atoms with E-state index in [1.165, 1.54) is 5.56 Å². The van der Waals surface area contributed by atoms with Crippen LogP contribution in [0.3, 0.4) is 0 Å². The lowest BCUT2D eigenvalue weighted by Gasteiger charge is -2.23. The molecule has 0 radical (unpaired) electrons. The van der Waals surface area contributed by atoms with Gasteiger partial charge < -0.3 is 5.32 Å². The molecule has 0 saturated heterocycles. The minimum Gasteiger partial charge on any atom is -0.358 e. The van der Waals surface area contributed by atoms with Crippen molar-refractivity contribution < 1.29 is 4.79 Å². The predicted octanol–water partition coefficient (Wildman–Crippen LogP) is 2.02. The van der Waals surface area contributed by atoms with Crippen LogP contribution in [0, 0.1) is 6.92 Å². The molecule has 76 valence electrons. The van der Waals surface area contributed by atoms with Gasteiger partial charge in [-0.2, -0.15) is 0 Å². The molecule has 0 aliphatic carbocycles. The molecule has 0 bridgehead atoms. The molecular weight excluding hydrogens is 174 g/mol. The standard InChI is InChI=1S/C12H17NO/c1-9-5-7-10(8-6-9)12(2,3)11(14)13-4/h5-8H,1-4H3,(H,13,14). The minimum atomic E-state index is -0.456. The maximum atomic E-state index is 11.6. The Morgan fingerprint density at radius 3 is 2.14 bits per heavy atom. The van der Waals surface area contributed by atoms with E-state index in [4.69, 9.17) is 0 Å². The van der Waals surface area contributed by atoms with Crippen LogP contribution < -0.4 is 5.32 Å². The molecule has 0 spiro atoms. The number of carbonyl (C=O) groups is 1. The molecule has 1 aromatic rings. The molecule has 0 aliphatic rings. The van der Waals surface area contributed by atoms with Crippen molar-refractivity contribution in [2.45, 2.75) is 26.2 Å². The molecule has 0 aliphatic heterocycles. The molecule has 0 atom stereocenters. The van der Waals surface area contributed by atoms with Gasteiger partial charge in [-0.15, -0.1) is 0 Å². The van der Waals surface area contributed by atoms with Gasteiger partial charge >= 0.3 is 0 Å². The Kier molecular flexibility index (Phi) is 2.94. The van der Waals surface area contributed by atoms with E-state index in [-0.39, 0.29) is 5.91 Å². The topological polar surface area (TPSA) is 29.1 Å². The average Bonchev–Trinajstić information content (AvgIpc) is 2.17. The van der Waals surface area contributed by atoms with Gasteiger partial charge in [0.1, 0.15) is 0 Å². The van der Waals surface area contributed by atoms with Gasteiger partial charge in [0.15, 0.2) is 0 Å². The van der Waals surface area contributed by atoms with E-state index >= 15 is 0 Å². The van der Waals surface area contributed by atoms with E-state index in [2.05, 4.69) is 5.32 Å². The van der Waals surface area contributed by atoms with Crippen molar-refractivity contribution >= 4 is 5.91 Å². The Hall–Kier alpha value is -1.31. The fourth-order valence-corrected chi connectivity index (χ4v) is 1.41. The number of aryl methyl sites for hydroxylation is 1. The number of amides is 1. The van der Waals surface area contributed by atoms with Crippen LogP contribution in [-0.4, -0.2) is 13.0 Å². The molecular formula is C12H17NO. The molecule has 0 saturated carbocycles. The third-order valence-corrected chi connectivity index (χ3v) is 2.57. The average molecular weight is 191 g/mol. The number of carbonyl (C=O) groups excluding carboxylic acids is 1. The zero-order valence-electron chi connectivity index (χ0n) is 9.22. The fraction of sp³-hybridized carbons (Fsp3) is 0.417. The van der Waals surface area contributed by atoms with Gasteiger partial charge in [0, 0.05) is 7.05 Å². The third kappa shape index (κ3) is 1.95. The van der Waals surface area contributed by atoms with E-state index < -0.39 is 5.41 Å². The molecule has 14 heavy (non-hydrogen) atoms. The van der Waals surface area contributed by atoms with Crippen LogP contribution in [0.15, 0.2) is 24.3 Å². The van der Waals surface area contributed by atoms with Gasteiger partial charge in [0.25, 0.3) is 0 Å². The second-order valence-corrected chi connectivity index (χ2v) is 4.07. The summed E-state index contributed by atoms with van der Waals surface area (Å²) in [7, 11) is 1.66. The molecule has 0 fully saturated rings. The predicted molar refractivity (Wildman–Crippen MR) is 58.3 cm³/mol. The Morgan fingerprint density at radius 2 is 1.71 bits per heavy atom. The second-order valence-electron chi connectivity index (χ2n) is 4.07.